The van der Waals surface area contributed by atoms with Crippen molar-refractivity contribution in [3.05, 3.63) is 0 Å². The van der Waals surface area contributed by atoms with E-state index in [1.165, 1.54) is 11.9 Å². The first-order chi connectivity index (χ1) is 11.9. The van der Waals surface area contributed by atoms with Crippen molar-refractivity contribution in [1.29, 1.82) is 0 Å². The predicted octanol–water partition coefficient (Wildman–Crippen LogP) is -0.555. The third-order valence-corrected chi connectivity index (χ3v) is 4.98. The average molecular weight is 353 g/mol. The van der Waals surface area contributed by atoms with Crippen molar-refractivity contribution in [2.75, 3.05) is 20.1 Å². The molecule has 0 aromatic heterocycles. The second kappa shape index (κ2) is 8.42. The molecule has 25 heavy (non-hydrogen) atoms. The van der Waals surface area contributed by atoms with Gasteiger partial charge in [0, 0.05) is 45.8 Å². The number of carbonyl (C=O) groups excluding carboxylic acids is 4. The van der Waals surface area contributed by atoms with Crippen molar-refractivity contribution >= 4 is 23.5 Å². The summed E-state index contributed by atoms with van der Waals surface area (Å²) in [6.45, 7) is 2.41. The molecule has 3 atom stereocenters. The van der Waals surface area contributed by atoms with Crippen LogP contribution in [0.5, 0.6) is 0 Å². The van der Waals surface area contributed by atoms with Crippen LogP contribution in [0.25, 0.3) is 0 Å². The molecular weight excluding hydrogens is 326 g/mol. The molecule has 0 bridgehead atoms. The van der Waals surface area contributed by atoms with Gasteiger partial charge in [-0.2, -0.15) is 0 Å². The summed E-state index contributed by atoms with van der Waals surface area (Å²) in [6.07, 6.45) is 1.18. The van der Waals surface area contributed by atoms with E-state index in [-0.39, 0.29) is 49.3 Å². The maximum absolute atomic E-state index is 13.0. The Morgan fingerprint density at radius 3 is 2.44 bits per heavy atom. The van der Waals surface area contributed by atoms with Gasteiger partial charge in [0.25, 0.3) is 0 Å². The van der Waals surface area contributed by atoms with Gasteiger partial charge in [0.15, 0.2) is 5.78 Å². The Bertz CT molecular complexity index is 550. The van der Waals surface area contributed by atoms with E-state index < -0.39 is 18.2 Å². The summed E-state index contributed by atoms with van der Waals surface area (Å²) in [5, 5.41) is 12.4. The molecular formula is C17H27N3O5. The Kier molecular flexibility index (Phi) is 6.52. The summed E-state index contributed by atoms with van der Waals surface area (Å²) in [5.41, 5.74) is 0. The topological polar surface area (TPSA) is 107 Å². The molecule has 2 aliphatic rings. The minimum absolute atomic E-state index is 0.00154. The maximum atomic E-state index is 13.0. The Hall–Kier alpha value is -1.96. The number of amides is 3. The number of carbonyl (C=O) groups is 4. The summed E-state index contributed by atoms with van der Waals surface area (Å²) < 4.78 is 0. The van der Waals surface area contributed by atoms with Crippen LogP contribution >= 0.6 is 0 Å². The molecule has 3 amide bonds. The van der Waals surface area contributed by atoms with Crippen LogP contribution in [0.2, 0.25) is 0 Å². The number of ketones is 1. The van der Waals surface area contributed by atoms with Crippen LogP contribution in [-0.2, 0) is 19.2 Å². The van der Waals surface area contributed by atoms with Crippen LogP contribution < -0.4 is 5.32 Å². The van der Waals surface area contributed by atoms with Crippen LogP contribution in [0.15, 0.2) is 0 Å². The summed E-state index contributed by atoms with van der Waals surface area (Å²) in [5.74, 6) is -0.799. The molecule has 2 rings (SSSR count). The van der Waals surface area contributed by atoms with Gasteiger partial charge in [-0.05, 0) is 12.8 Å². The minimum Gasteiger partial charge on any atom is -0.391 e. The van der Waals surface area contributed by atoms with Gasteiger partial charge in [0.2, 0.25) is 17.7 Å². The summed E-state index contributed by atoms with van der Waals surface area (Å²) in [7, 11) is 1.50. The summed E-state index contributed by atoms with van der Waals surface area (Å²) in [6, 6.07) is -1.24. The zero-order chi connectivity index (χ0) is 18.6. The number of hydrogen-bond donors (Lipinski definition) is 2. The number of hydrogen-bond acceptors (Lipinski definition) is 5. The molecule has 0 spiro atoms. The van der Waals surface area contributed by atoms with Crippen molar-refractivity contribution in [2.24, 2.45) is 0 Å². The highest BCUT2D eigenvalue weighted by molar-refractivity contribution is 5.96. The first-order valence-corrected chi connectivity index (χ1v) is 8.90. The number of nitrogens with one attached hydrogen (secondary N) is 1. The van der Waals surface area contributed by atoms with Crippen LogP contribution in [0, 0.1) is 0 Å². The third-order valence-electron chi connectivity index (χ3n) is 4.98. The number of rotatable bonds is 6. The van der Waals surface area contributed by atoms with Crippen LogP contribution in [0.1, 0.15) is 45.4 Å². The van der Waals surface area contributed by atoms with E-state index in [1.54, 1.807) is 11.8 Å². The molecule has 0 aromatic rings. The van der Waals surface area contributed by atoms with E-state index >= 15 is 0 Å². The standard InChI is InChI=1S/C17H27N3O5/c1-3-15(23)19-8-4-5-12(19)17(25)13-9-11(21)10-20(13)16(24)7-6-14(22)18-2/h11-13,21H,3-10H2,1-2H3,(H,18,22)/t11-,12-,13?/m0/s1. The largest absolute Gasteiger partial charge is 0.391 e. The van der Waals surface area contributed by atoms with E-state index in [0.29, 0.717) is 19.4 Å². The average Bonchev–Trinajstić information content (AvgIpc) is 3.24. The SMILES string of the molecule is CCC(=O)N1CCC[C@H]1C(=O)C1C[C@H](O)CN1C(=O)CCC(=O)NC. The van der Waals surface area contributed by atoms with Crippen molar-refractivity contribution in [1.82, 2.24) is 15.1 Å². The van der Waals surface area contributed by atoms with E-state index in [9.17, 15) is 24.3 Å². The van der Waals surface area contributed by atoms with Gasteiger partial charge < -0.3 is 20.2 Å². The van der Waals surface area contributed by atoms with Gasteiger partial charge in [0.05, 0.1) is 18.2 Å². The van der Waals surface area contributed by atoms with Crippen molar-refractivity contribution in [3.8, 4) is 0 Å². The van der Waals surface area contributed by atoms with E-state index in [4.69, 9.17) is 0 Å². The lowest BCUT2D eigenvalue weighted by atomic mass is 10.00. The minimum atomic E-state index is -0.755. The Balaban J connectivity index is 2.07. The molecule has 8 nitrogen and oxygen atoms in total. The Labute approximate surface area is 147 Å². The second-order valence-corrected chi connectivity index (χ2v) is 6.63. The lowest BCUT2D eigenvalue weighted by Crippen LogP contribution is -2.49. The first-order valence-electron chi connectivity index (χ1n) is 8.90. The van der Waals surface area contributed by atoms with Crippen molar-refractivity contribution in [2.45, 2.75) is 63.6 Å². The fraction of sp³-hybridized carbons (Fsp3) is 0.765. The first kappa shape index (κ1) is 19.4. The number of likely N-dealkylation sites (tertiary alicyclic amines) is 2. The molecule has 1 unspecified atom stereocenters. The summed E-state index contributed by atoms with van der Waals surface area (Å²) in [4.78, 5) is 51.7. The molecule has 8 heteroatoms. The highest BCUT2D eigenvalue weighted by atomic mass is 16.3. The number of aliphatic hydroxyl groups is 1. The van der Waals surface area contributed by atoms with Crippen LogP contribution in [0.3, 0.4) is 0 Å². The highest BCUT2D eigenvalue weighted by Gasteiger charge is 2.44. The number of aliphatic hydroxyl groups excluding tert-OH is 1. The lowest BCUT2D eigenvalue weighted by Gasteiger charge is -2.29. The van der Waals surface area contributed by atoms with Gasteiger partial charge in [0.1, 0.15) is 0 Å². The normalized spacial score (nSPS) is 26.0. The van der Waals surface area contributed by atoms with Crippen LogP contribution in [-0.4, -0.2) is 76.7 Å². The highest BCUT2D eigenvalue weighted by Crippen LogP contribution is 2.27. The number of β-amino-alcohol motifs (C(OH)–C–C–N with tert-alkyl or cyclic N) is 1. The lowest BCUT2D eigenvalue weighted by molar-refractivity contribution is -0.143. The third kappa shape index (κ3) is 4.36. The maximum Gasteiger partial charge on any atom is 0.223 e. The smallest absolute Gasteiger partial charge is 0.223 e. The molecule has 2 N–H and O–H groups in total. The van der Waals surface area contributed by atoms with Gasteiger partial charge in [-0.25, -0.2) is 0 Å². The fourth-order valence-corrected chi connectivity index (χ4v) is 3.63. The number of Topliss-reactive ketones (excluding diaryl/α,β-unsaturated/α-hetero) is 1. The Morgan fingerprint density at radius 1 is 1.08 bits per heavy atom. The van der Waals surface area contributed by atoms with Gasteiger partial charge in [-0.15, -0.1) is 0 Å². The summed E-state index contributed by atoms with van der Waals surface area (Å²) >= 11 is 0. The van der Waals surface area contributed by atoms with Crippen molar-refractivity contribution in [3.63, 3.8) is 0 Å². The zero-order valence-electron chi connectivity index (χ0n) is 14.9. The van der Waals surface area contributed by atoms with Gasteiger partial charge >= 0.3 is 0 Å². The zero-order valence-corrected chi connectivity index (χ0v) is 14.9. The van der Waals surface area contributed by atoms with Crippen LogP contribution in [0.4, 0.5) is 0 Å². The molecule has 0 aromatic carbocycles. The molecule has 0 aliphatic carbocycles. The van der Waals surface area contributed by atoms with Gasteiger partial charge in [-0.3, -0.25) is 19.2 Å². The molecule has 2 fully saturated rings. The molecule has 2 heterocycles. The van der Waals surface area contributed by atoms with E-state index in [0.717, 1.165) is 6.42 Å². The van der Waals surface area contributed by atoms with E-state index in [2.05, 4.69) is 5.32 Å². The molecule has 0 radical (unpaired) electrons. The molecule has 0 saturated carbocycles. The predicted molar refractivity (Wildman–Crippen MR) is 89.5 cm³/mol. The molecule has 140 valence electrons. The second-order valence-electron chi connectivity index (χ2n) is 6.63. The quantitative estimate of drug-likeness (QED) is 0.666. The molecule has 2 saturated heterocycles. The monoisotopic (exact) mass is 353 g/mol. The fourth-order valence-electron chi connectivity index (χ4n) is 3.63. The number of nitrogens with zero attached hydrogens (tertiary/aromatic N) is 2. The van der Waals surface area contributed by atoms with Gasteiger partial charge in [-0.1, -0.05) is 6.92 Å². The Morgan fingerprint density at radius 2 is 1.80 bits per heavy atom. The van der Waals surface area contributed by atoms with Crippen molar-refractivity contribution < 1.29 is 24.3 Å². The molecule has 2 aliphatic heterocycles. The van der Waals surface area contributed by atoms with E-state index in [1.807, 2.05) is 0 Å².